The highest BCUT2D eigenvalue weighted by Crippen LogP contribution is 2.37. The minimum Gasteiger partial charge on any atom is -0.316 e. The van der Waals surface area contributed by atoms with E-state index in [1.807, 2.05) is 31.4 Å². The molecule has 1 aromatic heterocycles. The average molecular weight is 303 g/mol. The Morgan fingerprint density at radius 1 is 1.38 bits per heavy atom. The van der Waals surface area contributed by atoms with Crippen LogP contribution < -0.4 is 5.32 Å². The van der Waals surface area contributed by atoms with E-state index in [-0.39, 0.29) is 5.82 Å². The molecule has 112 valence electrons. The monoisotopic (exact) mass is 303 g/mol. The molecule has 3 heteroatoms. The van der Waals surface area contributed by atoms with Gasteiger partial charge >= 0.3 is 0 Å². The summed E-state index contributed by atoms with van der Waals surface area (Å²) in [6.07, 6.45) is 4.71. The number of fused-ring (bicyclic) bond motifs is 1. The van der Waals surface area contributed by atoms with Crippen LogP contribution in [0.2, 0.25) is 0 Å². The first-order chi connectivity index (χ1) is 10.2. The summed E-state index contributed by atoms with van der Waals surface area (Å²) in [4.78, 5) is 1.56. The molecule has 1 N–H and O–H groups in total. The Balaban J connectivity index is 1.83. The number of hydrogen-bond acceptors (Lipinski definition) is 2. The fourth-order valence-electron chi connectivity index (χ4n) is 3.51. The Morgan fingerprint density at radius 3 is 3.00 bits per heavy atom. The van der Waals surface area contributed by atoms with Crippen LogP contribution in [0.5, 0.6) is 0 Å². The SMILES string of the molecule is CNC(Cc1ccc(F)cc1C)C1CCCc2sccc21. The van der Waals surface area contributed by atoms with Crippen LogP contribution >= 0.6 is 11.3 Å². The number of likely N-dealkylation sites (N-methyl/N-ethyl adjacent to an activating group) is 1. The maximum atomic E-state index is 13.3. The first-order valence-corrected chi connectivity index (χ1v) is 8.55. The van der Waals surface area contributed by atoms with E-state index in [0.717, 1.165) is 12.0 Å². The first-order valence-electron chi connectivity index (χ1n) is 7.67. The zero-order valence-corrected chi connectivity index (χ0v) is 13.5. The van der Waals surface area contributed by atoms with Crippen molar-refractivity contribution in [2.75, 3.05) is 7.05 Å². The molecule has 0 saturated carbocycles. The van der Waals surface area contributed by atoms with Gasteiger partial charge in [-0.15, -0.1) is 11.3 Å². The van der Waals surface area contributed by atoms with Gasteiger partial charge in [0.1, 0.15) is 5.82 Å². The van der Waals surface area contributed by atoms with Crippen LogP contribution in [-0.2, 0) is 12.8 Å². The summed E-state index contributed by atoms with van der Waals surface area (Å²) in [5, 5.41) is 5.72. The number of aryl methyl sites for hydroxylation is 2. The second-order valence-electron chi connectivity index (χ2n) is 5.97. The van der Waals surface area contributed by atoms with Crippen molar-refractivity contribution in [1.82, 2.24) is 5.32 Å². The molecule has 2 unspecified atom stereocenters. The molecule has 0 amide bonds. The predicted octanol–water partition coefficient (Wildman–Crippen LogP) is 4.45. The third kappa shape index (κ3) is 3.04. The van der Waals surface area contributed by atoms with E-state index in [4.69, 9.17) is 0 Å². The third-order valence-electron chi connectivity index (χ3n) is 4.70. The highest BCUT2D eigenvalue weighted by atomic mass is 32.1. The van der Waals surface area contributed by atoms with Crippen molar-refractivity contribution in [1.29, 1.82) is 0 Å². The van der Waals surface area contributed by atoms with E-state index in [0.29, 0.717) is 12.0 Å². The molecule has 0 fully saturated rings. The molecule has 0 spiro atoms. The predicted molar refractivity (Wildman–Crippen MR) is 87.7 cm³/mol. The highest BCUT2D eigenvalue weighted by Gasteiger charge is 2.28. The number of rotatable bonds is 4. The lowest BCUT2D eigenvalue weighted by Gasteiger charge is -2.31. The molecule has 2 atom stereocenters. The van der Waals surface area contributed by atoms with Crippen LogP contribution in [0, 0.1) is 12.7 Å². The fraction of sp³-hybridized carbons (Fsp3) is 0.444. The van der Waals surface area contributed by atoms with E-state index in [9.17, 15) is 4.39 Å². The number of hydrogen-bond donors (Lipinski definition) is 1. The van der Waals surface area contributed by atoms with Gasteiger partial charge in [0.2, 0.25) is 0 Å². The molecule has 1 heterocycles. The Kier molecular flexibility index (Phi) is 4.41. The van der Waals surface area contributed by atoms with Crippen LogP contribution in [0.25, 0.3) is 0 Å². The summed E-state index contributed by atoms with van der Waals surface area (Å²) in [7, 11) is 2.05. The van der Waals surface area contributed by atoms with Gasteiger partial charge in [-0.25, -0.2) is 4.39 Å². The molecule has 1 aliphatic rings. The molecule has 3 rings (SSSR count). The van der Waals surface area contributed by atoms with Crippen LogP contribution in [0.3, 0.4) is 0 Å². The van der Waals surface area contributed by atoms with Crippen molar-refractivity contribution >= 4 is 11.3 Å². The van der Waals surface area contributed by atoms with Crippen molar-refractivity contribution in [3.05, 3.63) is 57.0 Å². The van der Waals surface area contributed by atoms with Crippen molar-refractivity contribution in [2.45, 2.75) is 44.6 Å². The first kappa shape index (κ1) is 14.7. The standard InChI is InChI=1S/C18H22FNS/c1-12-10-14(19)7-6-13(12)11-17(20-2)15-4-3-5-18-16(15)8-9-21-18/h6-10,15,17,20H,3-5,11H2,1-2H3. The van der Waals surface area contributed by atoms with E-state index >= 15 is 0 Å². The van der Waals surface area contributed by atoms with Gasteiger partial charge in [0.25, 0.3) is 0 Å². The smallest absolute Gasteiger partial charge is 0.123 e. The summed E-state index contributed by atoms with van der Waals surface area (Å²) in [5.41, 5.74) is 3.83. The van der Waals surface area contributed by atoms with Gasteiger partial charge in [-0.1, -0.05) is 6.07 Å². The largest absolute Gasteiger partial charge is 0.316 e. The molecule has 0 radical (unpaired) electrons. The molecular formula is C18H22FNS. The van der Waals surface area contributed by atoms with E-state index in [1.54, 1.807) is 17.0 Å². The highest BCUT2D eigenvalue weighted by molar-refractivity contribution is 7.10. The summed E-state index contributed by atoms with van der Waals surface area (Å²) in [6.45, 7) is 2.00. The Hall–Kier alpha value is -1.19. The third-order valence-corrected chi connectivity index (χ3v) is 5.70. The second-order valence-corrected chi connectivity index (χ2v) is 6.97. The van der Waals surface area contributed by atoms with Gasteiger partial charge in [0, 0.05) is 16.8 Å². The topological polar surface area (TPSA) is 12.0 Å². The Morgan fingerprint density at radius 2 is 2.24 bits per heavy atom. The second kappa shape index (κ2) is 6.29. The summed E-state index contributed by atoms with van der Waals surface area (Å²) in [6, 6.07) is 7.87. The zero-order chi connectivity index (χ0) is 14.8. The molecule has 21 heavy (non-hydrogen) atoms. The normalized spacial score (nSPS) is 19.3. The van der Waals surface area contributed by atoms with E-state index in [2.05, 4.69) is 16.8 Å². The molecule has 1 aliphatic carbocycles. The average Bonchev–Trinajstić information content (AvgIpc) is 2.95. The van der Waals surface area contributed by atoms with Crippen LogP contribution in [0.4, 0.5) is 4.39 Å². The number of nitrogens with one attached hydrogen (secondary N) is 1. The molecule has 0 aliphatic heterocycles. The van der Waals surface area contributed by atoms with Gasteiger partial charge in [-0.3, -0.25) is 0 Å². The van der Waals surface area contributed by atoms with Crippen molar-refractivity contribution in [2.24, 2.45) is 0 Å². The maximum Gasteiger partial charge on any atom is 0.123 e. The van der Waals surface area contributed by atoms with Gasteiger partial charge in [0.05, 0.1) is 0 Å². The summed E-state index contributed by atoms with van der Waals surface area (Å²) < 4.78 is 13.3. The number of thiophene rings is 1. The summed E-state index contributed by atoms with van der Waals surface area (Å²) >= 11 is 1.89. The van der Waals surface area contributed by atoms with Crippen LogP contribution in [0.1, 0.15) is 40.3 Å². The Labute approximate surface area is 130 Å². The minimum absolute atomic E-state index is 0.143. The Bertz CT molecular complexity index is 619. The molecule has 2 aromatic rings. The van der Waals surface area contributed by atoms with Crippen molar-refractivity contribution in [3.8, 4) is 0 Å². The lowest BCUT2D eigenvalue weighted by atomic mass is 9.80. The van der Waals surface area contributed by atoms with Gasteiger partial charge in [-0.05, 0) is 79.9 Å². The van der Waals surface area contributed by atoms with Gasteiger partial charge in [0.15, 0.2) is 0 Å². The fourth-order valence-corrected chi connectivity index (χ4v) is 4.51. The van der Waals surface area contributed by atoms with Crippen molar-refractivity contribution in [3.63, 3.8) is 0 Å². The molecule has 1 aromatic carbocycles. The molecular weight excluding hydrogens is 281 g/mol. The summed E-state index contributed by atoms with van der Waals surface area (Å²) in [5.74, 6) is 0.435. The van der Waals surface area contributed by atoms with E-state index in [1.165, 1.54) is 30.4 Å². The lowest BCUT2D eigenvalue weighted by Crippen LogP contribution is -2.35. The van der Waals surface area contributed by atoms with Crippen molar-refractivity contribution < 1.29 is 4.39 Å². The van der Waals surface area contributed by atoms with E-state index < -0.39 is 0 Å². The van der Waals surface area contributed by atoms with Gasteiger partial charge < -0.3 is 5.32 Å². The zero-order valence-electron chi connectivity index (χ0n) is 12.7. The number of halogens is 1. The van der Waals surface area contributed by atoms with Crippen LogP contribution in [-0.4, -0.2) is 13.1 Å². The maximum absolute atomic E-state index is 13.3. The molecule has 1 nitrogen and oxygen atoms in total. The minimum atomic E-state index is -0.143. The van der Waals surface area contributed by atoms with Gasteiger partial charge in [-0.2, -0.15) is 0 Å². The quantitative estimate of drug-likeness (QED) is 0.880. The molecule has 0 bridgehead atoms. The lowest BCUT2D eigenvalue weighted by molar-refractivity contribution is 0.413. The van der Waals surface area contributed by atoms with Crippen LogP contribution in [0.15, 0.2) is 29.6 Å². The number of benzene rings is 1. The molecule has 0 saturated heterocycles.